The number of primary amides is 1. The van der Waals surface area contributed by atoms with Crippen LogP contribution in [0.15, 0.2) is 47.4 Å². The summed E-state index contributed by atoms with van der Waals surface area (Å²) in [5.41, 5.74) is 6.78. The number of ether oxygens (including phenoxy) is 1. The van der Waals surface area contributed by atoms with Gasteiger partial charge in [0, 0.05) is 13.1 Å². The van der Waals surface area contributed by atoms with Crippen molar-refractivity contribution in [2.45, 2.75) is 24.3 Å². The smallest absolute Gasteiger partial charge is 0.252 e. The number of rotatable bonds is 6. The lowest BCUT2D eigenvalue weighted by molar-refractivity contribution is 0.0995. The first-order valence-electron chi connectivity index (χ1n) is 8.47. The molecular weight excluding hydrogens is 366 g/mol. The summed E-state index contributed by atoms with van der Waals surface area (Å²) in [6.07, 6.45) is 1.65. The van der Waals surface area contributed by atoms with E-state index < -0.39 is 15.9 Å². The minimum absolute atomic E-state index is 0.0175. The predicted octanol–water partition coefficient (Wildman–Crippen LogP) is 2.02. The minimum Gasteiger partial charge on any atom is -0.488 e. The molecule has 1 saturated heterocycles. The molecule has 2 aromatic rings. The molecule has 0 bridgehead atoms. The van der Waals surface area contributed by atoms with Crippen molar-refractivity contribution in [3.63, 3.8) is 0 Å². The number of carbonyl (C=O) groups is 1. The van der Waals surface area contributed by atoms with Gasteiger partial charge in [0.15, 0.2) is 0 Å². The third kappa shape index (κ3) is 4.10. The molecule has 1 aliphatic heterocycles. The number of hydrogen-bond donors (Lipinski definition) is 1. The summed E-state index contributed by atoms with van der Waals surface area (Å²) in [4.78, 5) is 11.8. The van der Waals surface area contributed by atoms with Crippen LogP contribution in [-0.4, -0.2) is 31.7 Å². The SMILES string of the molecule is N#Cc1ccc(COc2ccc(S(=O)(=O)N3CCCC3)cc2C(N)=O)cc1. The molecule has 2 aromatic carbocycles. The second kappa shape index (κ2) is 7.78. The molecular formula is C19H19N3O4S. The number of nitrogens with zero attached hydrogens (tertiary/aromatic N) is 2. The summed E-state index contributed by atoms with van der Waals surface area (Å²) in [5, 5.41) is 8.82. The molecule has 0 aliphatic carbocycles. The number of amides is 1. The standard InChI is InChI=1S/C19H19N3O4S/c20-12-14-3-5-15(6-4-14)13-26-18-8-7-16(11-17(18)19(21)23)27(24,25)22-9-1-2-10-22/h3-8,11H,1-2,9-10,13H2,(H2,21,23). The fourth-order valence-electron chi connectivity index (χ4n) is 2.90. The number of hydrogen-bond acceptors (Lipinski definition) is 5. The Morgan fingerprint density at radius 1 is 1.15 bits per heavy atom. The molecule has 2 N–H and O–H groups in total. The van der Waals surface area contributed by atoms with Crippen molar-refractivity contribution in [1.29, 1.82) is 5.26 Å². The van der Waals surface area contributed by atoms with Gasteiger partial charge in [-0.3, -0.25) is 4.79 Å². The average Bonchev–Trinajstić information content (AvgIpc) is 3.22. The van der Waals surface area contributed by atoms with E-state index in [1.807, 2.05) is 6.07 Å². The molecule has 1 fully saturated rings. The molecule has 0 unspecified atom stereocenters. The summed E-state index contributed by atoms with van der Waals surface area (Å²) in [6.45, 7) is 1.11. The number of benzene rings is 2. The molecule has 140 valence electrons. The van der Waals surface area contributed by atoms with Gasteiger partial charge in [0.1, 0.15) is 12.4 Å². The summed E-state index contributed by atoms with van der Waals surface area (Å²) in [6, 6.07) is 13.0. The monoisotopic (exact) mass is 385 g/mol. The maximum absolute atomic E-state index is 12.7. The Morgan fingerprint density at radius 3 is 2.41 bits per heavy atom. The second-order valence-electron chi connectivity index (χ2n) is 6.23. The minimum atomic E-state index is -3.65. The van der Waals surface area contributed by atoms with E-state index in [0.717, 1.165) is 18.4 Å². The van der Waals surface area contributed by atoms with Crippen LogP contribution in [0.3, 0.4) is 0 Å². The van der Waals surface area contributed by atoms with Crippen LogP contribution in [0.25, 0.3) is 0 Å². The van der Waals surface area contributed by atoms with Crippen LogP contribution < -0.4 is 10.5 Å². The molecule has 3 rings (SSSR count). The third-order valence-corrected chi connectivity index (χ3v) is 6.29. The van der Waals surface area contributed by atoms with Crippen molar-refractivity contribution in [2.24, 2.45) is 5.73 Å². The number of nitriles is 1. The van der Waals surface area contributed by atoms with Crippen molar-refractivity contribution < 1.29 is 17.9 Å². The fourth-order valence-corrected chi connectivity index (χ4v) is 4.45. The van der Waals surface area contributed by atoms with Gasteiger partial charge >= 0.3 is 0 Å². The van der Waals surface area contributed by atoms with Gasteiger partial charge in [-0.05, 0) is 48.7 Å². The Balaban J connectivity index is 1.83. The molecule has 0 aromatic heterocycles. The molecule has 7 nitrogen and oxygen atoms in total. The highest BCUT2D eigenvalue weighted by molar-refractivity contribution is 7.89. The van der Waals surface area contributed by atoms with Gasteiger partial charge in [-0.1, -0.05) is 12.1 Å². The average molecular weight is 385 g/mol. The zero-order chi connectivity index (χ0) is 19.4. The third-order valence-electron chi connectivity index (χ3n) is 4.40. The highest BCUT2D eigenvalue weighted by Crippen LogP contribution is 2.27. The van der Waals surface area contributed by atoms with E-state index in [9.17, 15) is 13.2 Å². The van der Waals surface area contributed by atoms with Crippen molar-refractivity contribution in [3.8, 4) is 11.8 Å². The second-order valence-corrected chi connectivity index (χ2v) is 8.17. The van der Waals surface area contributed by atoms with E-state index in [-0.39, 0.29) is 22.8 Å². The van der Waals surface area contributed by atoms with Gasteiger partial charge in [0.2, 0.25) is 10.0 Å². The van der Waals surface area contributed by atoms with E-state index in [1.54, 1.807) is 24.3 Å². The van der Waals surface area contributed by atoms with Crippen molar-refractivity contribution in [3.05, 3.63) is 59.2 Å². The summed E-state index contributed by atoms with van der Waals surface area (Å²) in [5.74, 6) is -0.546. The lowest BCUT2D eigenvalue weighted by Crippen LogP contribution is -2.28. The summed E-state index contributed by atoms with van der Waals surface area (Å²) >= 11 is 0. The summed E-state index contributed by atoms with van der Waals surface area (Å²) in [7, 11) is -3.65. The van der Waals surface area contributed by atoms with Crippen molar-refractivity contribution in [1.82, 2.24) is 4.31 Å². The maximum Gasteiger partial charge on any atom is 0.252 e. The Hall–Kier alpha value is -2.89. The Bertz CT molecular complexity index is 989. The molecule has 8 heteroatoms. The Labute approximate surface area is 158 Å². The molecule has 1 amide bonds. The van der Waals surface area contributed by atoms with Crippen LogP contribution in [-0.2, 0) is 16.6 Å². The largest absolute Gasteiger partial charge is 0.488 e. The Kier molecular flexibility index (Phi) is 5.44. The highest BCUT2D eigenvalue weighted by atomic mass is 32.2. The number of sulfonamides is 1. The van der Waals surface area contributed by atoms with E-state index in [4.69, 9.17) is 15.7 Å². The van der Waals surface area contributed by atoms with Crippen LogP contribution in [0.5, 0.6) is 5.75 Å². The first kappa shape index (κ1) is 18.9. The lowest BCUT2D eigenvalue weighted by Gasteiger charge is -2.17. The van der Waals surface area contributed by atoms with Crippen LogP contribution in [0.1, 0.15) is 34.3 Å². The maximum atomic E-state index is 12.7. The quantitative estimate of drug-likeness (QED) is 0.817. The van der Waals surface area contributed by atoms with Crippen molar-refractivity contribution >= 4 is 15.9 Å². The molecule has 0 radical (unpaired) electrons. The zero-order valence-corrected chi connectivity index (χ0v) is 15.4. The first-order valence-corrected chi connectivity index (χ1v) is 9.91. The summed E-state index contributed by atoms with van der Waals surface area (Å²) < 4.78 is 32.4. The van der Waals surface area contributed by atoms with Gasteiger partial charge in [-0.15, -0.1) is 0 Å². The molecule has 1 aliphatic rings. The normalized spacial score (nSPS) is 14.6. The van der Waals surface area contributed by atoms with Crippen LogP contribution in [0.4, 0.5) is 0 Å². The van der Waals surface area contributed by atoms with Gasteiger partial charge in [-0.2, -0.15) is 9.57 Å². The predicted molar refractivity (Wildman–Crippen MR) is 98.4 cm³/mol. The van der Waals surface area contributed by atoms with Gasteiger partial charge in [-0.25, -0.2) is 8.42 Å². The Morgan fingerprint density at radius 2 is 1.81 bits per heavy atom. The zero-order valence-electron chi connectivity index (χ0n) is 14.6. The van der Waals surface area contributed by atoms with Gasteiger partial charge < -0.3 is 10.5 Å². The van der Waals surface area contributed by atoms with Crippen LogP contribution in [0.2, 0.25) is 0 Å². The lowest BCUT2D eigenvalue weighted by atomic mass is 10.1. The topological polar surface area (TPSA) is 113 Å². The molecule has 0 spiro atoms. The van der Waals surface area contributed by atoms with Crippen LogP contribution in [0, 0.1) is 11.3 Å². The van der Waals surface area contributed by atoms with E-state index >= 15 is 0 Å². The molecule has 27 heavy (non-hydrogen) atoms. The molecule has 0 atom stereocenters. The van der Waals surface area contributed by atoms with E-state index in [0.29, 0.717) is 18.7 Å². The van der Waals surface area contributed by atoms with Gasteiger partial charge in [0.25, 0.3) is 5.91 Å². The van der Waals surface area contributed by atoms with Crippen LogP contribution >= 0.6 is 0 Å². The number of carbonyl (C=O) groups excluding carboxylic acids is 1. The molecule has 0 saturated carbocycles. The molecule has 1 heterocycles. The highest BCUT2D eigenvalue weighted by Gasteiger charge is 2.28. The van der Waals surface area contributed by atoms with E-state index in [2.05, 4.69) is 0 Å². The van der Waals surface area contributed by atoms with E-state index in [1.165, 1.54) is 22.5 Å². The first-order chi connectivity index (χ1) is 12.9. The fraction of sp³-hybridized carbons (Fsp3) is 0.263. The van der Waals surface area contributed by atoms with Crippen molar-refractivity contribution in [2.75, 3.05) is 13.1 Å². The number of nitrogens with two attached hydrogens (primary N) is 1. The van der Waals surface area contributed by atoms with Gasteiger partial charge in [0.05, 0.1) is 22.1 Å².